The van der Waals surface area contributed by atoms with Crippen LogP contribution < -0.4 is 5.32 Å². The summed E-state index contributed by atoms with van der Waals surface area (Å²) < 4.78 is 0. The normalized spacial score (nSPS) is 17.1. The molecule has 1 fully saturated rings. The van der Waals surface area contributed by atoms with Gasteiger partial charge in [0.2, 0.25) is 0 Å². The summed E-state index contributed by atoms with van der Waals surface area (Å²) in [6.07, 6.45) is 2.36. The number of phenolic OH excluding ortho intramolecular Hbond substituents is 1. The van der Waals surface area contributed by atoms with Crippen LogP contribution in [0, 0.1) is 0 Å². The van der Waals surface area contributed by atoms with Crippen molar-refractivity contribution in [1.82, 2.24) is 5.32 Å². The highest BCUT2D eigenvalue weighted by atomic mass is 32.1. The fourth-order valence-corrected chi connectivity index (χ4v) is 1.55. The fraction of sp³-hybridized carbons (Fsp3) is 0.333. The number of hydrogen-bond donors (Lipinski definition) is 3. The summed E-state index contributed by atoms with van der Waals surface area (Å²) in [4.78, 5) is 0. The lowest BCUT2D eigenvalue weighted by molar-refractivity contribution is 0.475. The summed E-state index contributed by atoms with van der Waals surface area (Å²) in [7, 11) is 0. The lowest BCUT2D eigenvalue weighted by Crippen LogP contribution is -2.20. The molecule has 0 bridgehead atoms. The van der Waals surface area contributed by atoms with Crippen LogP contribution >= 0.6 is 12.6 Å². The Bertz CT molecular complexity index is 449. The van der Waals surface area contributed by atoms with Crippen molar-refractivity contribution in [3.8, 4) is 5.75 Å². The number of rotatable bonds is 3. The van der Waals surface area contributed by atoms with Gasteiger partial charge in [0, 0.05) is 6.04 Å². The number of amidine groups is 1. The van der Waals surface area contributed by atoms with Crippen molar-refractivity contribution in [1.29, 1.82) is 0 Å². The van der Waals surface area contributed by atoms with Gasteiger partial charge >= 0.3 is 0 Å². The molecule has 0 amide bonds. The van der Waals surface area contributed by atoms with Gasteiger partial charge in [0.1, 0.15) is 5.75 Å². The predicted molar refractivity (Wildman–Crippen MR) is 72.9 cm³/mol. The first-order valence-electron chi connectivity index (χ1n) is 5.52. The van der Waals surface area contributed by atoms with Crippen LogP contribution in [0.25, 0.3) is 0 Å². The molecule has 0 aliphatic heterocycles. The van der Waals surface area contributed by atoms with Crippen LogP contribution in [0.5, 0.6) is 5.75 Å². The van der Waals surface area contributed by atoms with Gasteiger partial charge in [0.05, 0.1) is 5.71 Å². The Morgan fingerprint density at radius 3 is 2.53 bits per heavy atom. The Hall–Kier alpha value is -1.49. The first-order chi connectivity index (χ1) is 8.15. The average molecular weight is 249 g/mol. The molecule has 0 unspecified atom stereocenters. The van der Waals surface area contributed by atoms with E-state index in [1.165, 1.54) is 12.8 Å². The molecule has 0 spiro atoms. The minimum absolute atomic E-state index is 0.246. The molecule has 0 radical (unpaired) electrons. The van der Waals surface area contributed by atoms with Crippen LogP contribution in [0.15, 0.2) is 34.5 Å². The van der Waals surface area contributed by atoms with E-state index < -0.39 is 0 Å². The monoisotopic (exact) mass is 249 g/mol. The second-order valence-electron chi connectivity index (χ2n) is 4.07. The Labute approximate surface area is 106 Å². The number of aromatic hydroxyl groups is 1. The van der Waals surface area contributed by atoms with E-state index in [4.69, 9.17) is 0 Å². The van der Waals surface area contributed by atoms with Gasteiger partial charge in [-0.1, -0.05) is 0 Å². The first-order valence-corrected chi connectivity index (χ1v) is 5.97. The average Bonchev–Trinajstić information content (AvgIpc) is 3.11. The second kappa shape index (κ2) is 5.23. The van der Waals surface area contributed by atoms with Crippen LogP contribution in [-0.4, -0.2) is 22.0 Å². The highest BCUT2D eigenvalue weighted by Gasteiger charge is 2.21. The number of phenols is 1. The lowest BCUT2D eigenvalue weighted by Gasteiger charge is -2.01. The van der Waals surface area contributed by atoms with Gasteiger partial charge in [0.15, 0.2) is 5.17 Å². The van der Waals surface area contributed by atoms with E-state index in [1.54, 1.807) is 24.3 Å². The largest absolute Gasteiger partial charge is 0.508 e. The fourth-order valence-electron chi connectivity index (χ4n) is 1.32. The Morgan fingerprint density at radius 1 is 1.29 bits per heavy atom. The summed E-state index contributed by atoms with van der Waals surface area (Å²) in [5, 5.41) is 20.9. The van der Waals surface area contributed by atoms with E-state index in [2.05, 4.69) is 28.1 Å². The highest BCUT2D eigenvalue weighted by molar-refractivity contribution is 7.96. The summed E-state index contributed by atoms with van der Waals surface area (Å²) >= 11 is 4.20. The van der Waals surface area contributed by atoms with Gasteiger partial charge in [-0.3, -0.25) is 0 Å². The van der Waals surface area contributed by atoms with E-state index in [1.807, 2.05) is 6.92 Å². The molecule has 0 atom stereocenters. The van der Waals surface area contributed by atoms with Crippen molar-refractivity contribution in [3.05, 3.63) is 29.8 Å². The maximum Gasteiger partial charge on any atom is 0.180 e. The molecule has 0 heterocycles. The van der Waals surface area contributed by atoms with E-state index in [0.717, 1.165) is 11.3 Å². The molecule has 17 heavy (non-hydrogen) atoms. The molecule has 1 saturated carbocycles. The van der Waals surface area contributed by atoms with Crippen molar-refractivity contribution >= 4 is 23.5 Å². The van der Waals surface area contributed by atoms with Crippen LogP contribution in [-0.2, 0) is 0 Å². The van der Waals surface area contributed by atoms with Crippen molar-refractivity contribution in [2.24, 2.45) is 10.2 Å². The lowest BCUT2D eigenvalue weighted by atomic mass is 10.1. The summed E-state index contributed by atoms with van der Waals surface area (Å²) in [5.74, 6) is 0.246. The number of thiol groups is 1. The van der Waals surface area contributed by atoms with Gasteiger partial charge < -0.3 is 10.4 Å². The maximum atomic E-state index is 9.17. The van der Waals surface area contributed by atoms with E-state index in [0.29, 0.717) is 11.2 Å². The van der Waals surface area contributed by atoms with Crippen LogP contribution in [0.2, 0.25) is 0 Å². The predicted octanol–water partition coefficient (Wildman–Crippen LogP) is 2.15. The molecule has 2 rings (SSSR count). The molecule has 2 N–H and O–H groups in total. The van der Waals surface area contributed by atoms with Crippen LogP contribution in [0.1, 0.15) is 25.3 Å². The van der Waals surface area contributed by atoms with E-state index >= 15 is 0 Å². The minimum Gasteiger partial charge on any atom is -0.508 e. The molecule has 4 nitrogen and oxygen atoms in total. The highest BCUT2D eigenvalue weighted by Crippen LogP contribution is 2.18. The zero-order valence-corrected chi connectivity index (χ0v) is 10.5. The van der Waals surface area contributed by atoms with Gasteiger partial charge in [-0.15, -0.1) is 17.7 Å². The zero-order valence-electron chi connectivity index (χ0n) is 9.59. The molecule has 1 aliphatic rings. The molecule has 5 heteroatoms. The third-order valence-electron chi connectivity index (χ3n) is 2.49. The number of nitrogens with one attached hydrogen (secondary N) is 1. The van der Waals surface area contributed by atoms with Crippen LogP contribution in [0.3, 0.4) is 0 Å². The van der Waals surface area contributed by atoms with E-state index in [-0.39, 0.29) is 5.75 Å². The summed E-state index contributed by atoms with van der Waals surface area (Å²) in [6, 6.07) is 7.38. The van der Waals surface area contributed by atoms with Crippen LogP contribution in [0.4, 0.5) is 0 Å². The van der Waals surface area contributed by atoms with Gasteiger partial charge in [-0.05, 0) is 49.6 Å². The van der Waals surface area contributed by atoms with E-state index in [9.17, 15) is 5.11 Å². The molecule has 0 aromatic heterocycles. The maximum absolute atomic E-state index is 9.17. The quantitative estimate of drug-likeness (QED) is 0.333. The number of benzene rings is 1. The molecule has 1 aromatic carbocycles. The molecule has 1 aromatic rings. The standard InChI is InChI=1S/C12H15N3OS/c1-8(9-2-6-11(16)7-3-9)14-15-12(17)13-10-4-5-10/h2-3,6-7,10,16H,4-5H2,1H3,(H2,13,15,17)/b14-8+. The molecule has 90 valence electrons. The number of hydrogen-bond acceptors (Lipinski definition) is 3. The zero-order chi connectivity index (χ0) is 12.3. The molecule has 1 aliphatic carbocycles. The topological polar surface area (TPSA) is 57.0 Å². The smallest absolute Gasteiger partial charge is 0.180 e. The third-order valence-corrected chi connectivity index (χ3v) is 2.71. The molecule has 0 saturated heterocycles. The van der Waals surface area contributed by atoms with Crippen molar-refractivity contribution < 1.29 is 5.11 Å². The Balaban J connectivity index is 2.02. The second-order valence-corrected chi connectivity index (χ2v) is 4.50. The number of nitrogens with zero attached hydrogens (tertiary/aromatic N) is 2. The van der Waals surface area contributed by atoms with Crippen molar-refractivity contribution in [3.63, 3.8) is 0 Å². The Morgan fingerprint density at radius 2 is 1.94 bits per heavy atom. The Kier molecular flexibility index (Phi) is 3.68. The SMILES string of the molecule is C/C(=N\N=C(\S)NC1CC1)c1ccc(O)cc1. The molecular weight excluding hydrogens is 234 g/mol. The third kappa shape index (κ3) is 3.78. The molecular formula is C12H15N3OS. The van der Waals surface area contributed by atoms with Gasteiger partial charge in [-0.25, -0.2) is 0 Å². The van der Waals surface area contributed by atoms with Crippen molar-refractivity contribution in [2.45, 2.75) is 25.8 Å². The minimum atomic E-state index is 0.246. The van der Waals surface area contributed by atoms with Gasteiger partial charge in [-0.2, -0.15) is 5.10 Å². The summed E-state index contributed by atoms with van der Waals surface area (Å²) in [5.41, 5.74) is 1.72. The van der Waals surface area contributed by atoms with Crippen molar-refractivity contribution in [2.75, 3.05) is 0 Å². The summed E-state index contributed by atoms with van der Waals surface area (Å²) in [6.45, 7) is 1.87. The van der Waals surface area contributed by atoms with Gasteiger partial charge in [0.25, 0.3) is 0 Å². The first kappa shape index (κ1) is 12.0.